The van der Waals surface area contributed by atoms with Crippen molar-refractivity contribution in [2.45, 2.75) is 103 Å². The Morgan fingerprint density at radius 1 is 0.469 bits per heavy atom. The molecule has 0 bridgehead atoms. The summed E-state index contributed by atoms with van der Waals surface area (Å²) in [6.07, 6.45) is 15.5. The molecule has 1 aliphatic carbocycles. The average Bonchev–Trinajstić information content (AvgIpc) is 2.83. The summed E-state index contributed by atoms with van der Waals surface area (Å²) in [7, 11) is 0. The number of hydrogen-bond acceptors (Lipinski definition) is 2. The van der Waals surface area contributed by atoms with E-state index in [1.165, 1.54) is 86.5 Å². The van der Waals surface area contributed by atoms with Crippen molar-refractivity contribution in [2.75, 3.05) is 13.2 Å². The van der Waals surface area contributed by atoms with Gasteiger partial charge in [-0.25, -0.2) is 0 Å². The summed E-state index contributed by atoms with van der Waals surface area (Å²) in [5, 5.41) is 0. The molecule has 2 nitrogen and oxygen atoms in total. The van der Waals surface area contributed by atoms with E-state index in [4.69, 9.17) is 9.47 Å². The van der Waals surface area contributed by atoms with E-state index in [9.17, 15) is 0 Å². The number of ether oxygens (including phenoxy) is 2. The van der Waals surface area contributed by atoms with Crippen LogP contribution in [0.4, 0.5) is 0 Å². The van der Waals surface area contributed by atoms with E-state index >= 15 is 0 Å². The highest BCUT2D eigenvalue weighted by Gasteiger charge is 2.32. The van der Waals surface area contributed by atoms with Gasteiger partial charge < -0.3 is 9.47 Å². The van der Waals surface area contributed by atoms with Gasteiger partial charge in [-0.3, -0.25) is 0 Å². The van der Waals surface area contributed by atoms with E-state index in [1.54, 1.807) is 0 Å². The van der Waals surface area contributed by atoms with Crippen molar-refractivity contribution in [2.24, 2.45) is 0 Å². The second-order valence-corrected chi connectivity index (χ2v) is 9.30. The van der Waals surface area contributed by atoms with Crippen molar-refractivity contribution in [3.63, 3.8) is 0 Å². The van der Waals surface area contributed by atoms with Crippen molar-refractivity contribution in [1.82, 2.24) is 0 Å². The summed E-state index contributed by atoms with van der Waals surface area (Å²) in [4.78, 5) is 0. The SMILES string of the molecule is CCCCCCCCOC1c2ccccc2C(OCCCCCCCC)c2ccccc21. The Morgan fingerprint density at radius 2 is 0.781 bits per heavy atom. The van der Waals surface area contributed by atoms with E-state index in [0.29, 0.717) is 0 Å². The van der Waals surface area contributed by atoms with Crippen molar-refractivity contribution < 1.29 is 9.47 Å². The van der Waals surface area contributed by atoms with Gasteiger partial charge in [-0.15, -0.1) is 0 Å². The van der Waals surface area contributed by atoms with Crippen LogP contribution in [0.5, 0.6) is 0 Å². The smallest absolute Gasteiger partial charge is 0.108 e. The lowest BCUT2D eigenvalue weighted by molar-refractivity contribution is 0.0460. The number of benzene rings is 2. The fourth-order valence-corrected chi connectivity index (χ4v) is 4.84. The number of hydrogen-bond donors (Lipinski definition) is 0. The molecule has 0 saturated heterocycles. The van der Waals surface area contributed by atoms with Crippen LogP contribution in [0, 0.1) is 0 Å². The van der Waals surface area contributed by atoms with Crippen LogP contribution in [0.3, 0.4) is 0 Å². The molecule has 3 rings (SSSR count). The van der Waals surface area contributed by atoms with Gasteiger partial charge in [0.2, 0.25) is 0 Å². The standard InChI is InChI=1S/C30H44O2/c1-3-5-7-9-11-17-23-31-29-25-19-13-15-21-27(25)30(28-22-16-14-20-26(28)29)32-24-18-12-10-8-6-4-2/h13-16,19-22,29-30H,3-12,17-18,23-24H2,1-2H3. The molecule has 1 aliphatic rings. The van der Waals surface area contributed by atoms with Gasteiger partial charge in [-0.05, 0) is 35.1 Å². The Kier molecular flexibility index (Phi) is 11.3. The molecule has 0 fully saturated rings. The molecule has 0 radical (unpaired) electrons. The van der Waals surface area contributed by atoms with Crippen LogP contribution in [0.1, 0.15) is 125 Å². The van der Waals surface area contributed by atoms with Crippen molar-refractivity contribution in [1.29, 1.82) is 0 Å². The lowest BCUT2D eigenvalue weighted by Crippen LogP contribution is -2.22. The Balaban J connectivity index is 1.61. The highest BCUT2D eigenvalue weighted by atomic mass is 16.5. The molecular weight excluding hydrogens is 392 g/mol. The quantitative estimate of drug-likeness (QED) is 0.244. The third-order valence-electron chi connectivity index (χ3n) is 6.69. The summed E-state index contributed by atoms with van der Waals surface area (Å²) < 4.78 is 13.0. The topological polar surface area (TPSA) is 18.5 Å². The van der Waals surface area contributed by atoms with Crippen molar-refractivity contribution >= 4 is 0 Å². The van der Waals surface area contributed by atoms with Gasteiger partial charge in [0, 0.05) is 13.2 Å². The Hall–Kier alpha value is -1.64. The molecule has 2 heteroatoms. The molecule has 0 amide bonds. The molecule has 0 aliphatic heterocycles. The molecule has 0 atom stereocenters. The third-order valence-corrected chi connectivity index (χ3v) is 6.69. The molecule has 2 aromatic carbocycles. The van der Waals surface area contributed by atoms with Crippen LogP contribution in [-0.4, -0.2) is 13.2 Å². The highest BCUT2D eigenvalue weighted by molar-refractivity contribution is 5.50. The van der Waals surface area contributed by atoms with E-state index in [0.717, 1.165) is 26.1 Å². The normalized spacial score (nSPS) is 17.2. The zero-order valence-electron chi connectivity index (χ0n) is 20.5. The molecule has 0 spiro atoms. The Bertz CT molecular complexity index is 657. The first kappa shape index (κ1) is 25.0. The van der Waals surface area contributed by atoms with Crippen molar-refractivity contribution in [3.05, 3.63) is 70.8 Å². The van der Waals surface area contributed by atoms with Crippen LogP contribution < -0.4 is 0 Å². The average molecular weight is 437 g/mol. The first-order valence-corrected chi connectivity index (χ1v) is 13.3. The van der Waals surface area contributed by atoms with E-state index in [1.807, 2.05) is 0 Å². The summed E-state index contributed by atoms with van der Waals surface area (Å²) >= 11 is 0. The molecular formula is C30H44O2. The predicted octanol–water partition coefficient (Wildman–Crippen LogP) is 8.93. The fraction of sp³-hybridized carbons (Fsp3) is 0.600. The first-order valence-electron chi connectivity index (χ1n) is 13.3. The molecule has 0 N–H and O–H groups in total. The molecule has 2 aromatic rings. The monoisotopic (exact) mass is 436 g/mol. The second-order valence-electron chi connectivity index (χ2n) is 9.30. The molecule has 0 aromatic heterocycles. The first-order chi connectivity index (χ1) is 15.9. The zero-order chi connectivity index (χ0) is 22.4. The summed E-state index contributed by atoms with van der Waals surface area (Å²) in [5.74, 6) is 0. The van der Waals surface area contributed by atoms with Gasteiger partial charge >= 0.3 is 0 Å². The maximum Gasteiger partial charge on any atom is 0.108 e. The lowest BCUT2D eigenvalue weighted by Gasteiger charge is -2.34. The minimum Gasteiger partial charge on any atom is -0.369 e. The largest absolute Gasteiger partial charge is 0.369 e. The van der Waals surface area contributed by atoms with Gasteiger partial charge in [-0.2, -0.15) is 0 Å². The van der Waals surface area contributed by atoms with Crippen LogP contribution in [-0.2, 0) is 9.47 Å². The lowest BCUT2D eigenvalue weighted by atomic mass is 9.82. The minimum atomic E-state index is 0.0203. The van der Waals surface area contributed by atoms with Crippen LogP contribution >= 0.6 is 0 Å². The highest BCUT2D eigenvalue weighted by Crippen LogP contribution is 2.44. The van der Waals surface area contributed by atoms with Crippen molar-refractivity contribution in [3.8, 4) is 0 Å². The fourth-order valence-electron chi connectivity index (χ4n) is 4.84. The van der Waals surface area contributed by atoms with E-state index < -0.39 is 0 Å². The number of fused-ring (bicyclic) bond motifs is 2. The third kappa shape index (κ3) is 7.18. The van der Waals surface area contributed by atoms with Crippen LogP contribution in [0.2, 0.25) is 0 Å². The summed E-state index contributed by atoms with van der Waals surface area (Å²) in [6.45, 7) is 6.18. The molecule has 0 saturated carbocycles. The van der Waals surface area contributed by atoms with Gasteiger partial charge in [-0.1, -0.05) is 127 Å². The molecule has 176 valence electrons. The maximum atomic E-state index is 6.52. The van der Waals surface area contributed by atoms with Gasteiger partial charge in [0.25, 0.3) is 0 Å². The van der Waals surface area contributed by atoms with Crippen LogP contribution in [0.25, 0.3) is 0 Å². The molecule has 0 heterocycles. The van der Waals surface area contributed by atoms with Gasteiger partial charge in [0.15, 0.2) is 0 Å². The molecule has 0 unspecified atom stereocenters. The zero-order valence-corrected chi connectivity index (χ0v) is 20.5. The van der Waals surface area contributed by atoms with Gasteiger partial charge in [0.05, 0.1) is 0 Å². The Morgan fingerprint density at radius 3 is 1.12 bits per heavy atom. The summed E-state index contributed by atoms with van der Waals surface area (Å²) in [5.41, 5.74) is 5.13. The van der Waals surface area contributed by atoms with E-state index in [-0.39, 0.29) is 12.2 Å². The predicted molar refractivity (Wildman–Crippen MR) is 135 cm³/mol. The number of rotatable bonds is 16. The summed E-state index contributed by atoms with van der Waals surface area (Å²) in [6, 6.07) is 17.5. The minimum absolute atomic E-state index is 0.0203. The molecule has 32 heavy (non-hydrogen) atoms. The van der Waals surface area contributed by atoms with E-state index in [2.05, 4.69) is 62.4 Å². The second kappa shape index (κ2) is 14.5. The maximum absolute atomic E-state index is 6.52. The number of unbranched alkanes of at least 4 members (excludes halogenated alkanes) is 10. The van der Waals surface area contributed by atoms with Crippen LogP contribution in [0.15, 0.2) is 48.5 Å². The Labute approximate surface area is 196 Å². The van der Waals surface area contributed by atoms with Gasteiger partial charge in [0.1, 0.15) is 12.2 Å².